The van der Waals surface area contributed by atoms with E-state index in [1.165, 1.54) is 14.2 Å². The van der Waals surface area contributed by atoms with Crippen LogP contribution in [0.4, 0.5) is 0 Å². The van der Waals surface area contributed by atoms with Gasteiger partial charge in [0, 0.05) is 13.0 Å². The second-order valence-electron chi connectivity index (χ2n) is 11.0. The average Bonchev–Trinajstić information content (AvgIpc) is 3.54. The molecule has 4 aliphatic rings. The van der Waals surface area contributed by atoms with Crippen molar-refractivity contribution in [3.8, 4) is 11.5 Å². The summed E-state index contributed by atoms with van der Waals surface area (Å²) in [6.45, 7) is 4.55. The van der Waals surface area contributed by atoms with Gasteiger partial charge in [0.15, 0.2) is 23.2 Å². The van der Waals surface area contributed by atoms with Crippen molar-refractivity contribution in [1.82, 2.24) is 4.90 Å². The Balaban J connectivity index is 1.56. The lowest BCUT2D eigenvalue weighted by atomic mass is 9.77. The third kappa shape index (κ3) is 4.28. The van der Waals surface area contributed by atoms with Gasteiger partial charge in [-0.15, -0.1) is 0 Å². The minimum atomic E-state index is -2.07. The summed E-state index contributed by atoms with van der Waals surface area (Å²) in [5.74, 6) is -0.279. The molecule has 1 fully saturated rings. The highest BCUT2D eigenvalue weighted by molar-refractivity contribution is 5.86. The highest BCUT2D eigenvalue weighted by Gasteiger charge is 2.61. The fourth-order valence-electron chi connectivity index (χ4n) is 6.26. The molecule has 1 aliphatic carbocycles. The van der Waals surface area contributed by atoms with Crippen molar-refractivity contribution in [2.45, 2.75) is 75.5 Å². The highest BCUT2D eigenvalue weighted by atomic mass is 16.7. The van der Waals surface area contributed by atoms with Crippen LogP contribution in [0.1, 0.15) is 63.0 Å². The molecule has 206 valence electrons. The molecule has 1 N–H and O–H groups in total. The van der Waals surface area contributed by atoms with Crippen LogP contribution in [0, 0.1) is 5.92 Å². The molecule has 0 aromatic heterocycles. The Morgan fingerprint density at radius 3 is 2.63 bits per heavy atom. The van der Waals surface area contributed by atoms with Gasteiger partial charge in [-0.3, -0.25) is 9.59 Å². The Hall–Kier alpha value is -3.27. The zero-order valence-electron chi connectivity index (χ0n) is 22.3. The summed E-state index contributed by atoms with van der Waals surface area (Å²) >= 11 is 0. The van der Waals surface area contributed by atoms with Crippen LogP contribution in [0.25, 0.3) is 0 Å². The number of esters is 2. The van der Waals surface area contributed by atoms with Gasteiger partial charge in [-0.05, 0) is 60.9 Å². The maximum atomic E-state index is 13.7. The average molecular weight is 530 g/mol. The standard InChI is InChI=1S/C28H35NO9/c1-16(2)5-9-28(33,14-23(31)35-4)26(32)38-25-21(34-3)13-27-8-6-22(30)29(27)10-7-17-11-19-20(37-15-36-19)12-18(17)24(25)27/h11-13,16,24-25,33H,5-10,14-15H2,1-4H3/t24-,25-,27+,28+/m0/s1. The molecule has 0 bridgehead atoms. The predicted molar refractivity (Wildman–Crippen MR) is 133 cm³/mol. The smallest absolute Gasteiger partial charge is 0.339 e. The molecular weight excluding hydrogens is 494 g/mol. The van der Waals surface area contributed by atoms with Crippen molar-refractivity contribution in [3.63, 3.8) is 0 Å². The van der Waals surface area contributed by atoms with E-state index in [1.807, 2.05) is 37.0 Å². The minimum Gasteiger partial charge on any atom is -0.497 e. The molecular formula is C28H35NO9. The topological polar surface area (TPSA) is 121 Å². The number of hydrogen-bond donors (Lipinski definition) is 1. The van der Waals surface area contributed by atoms with E-state index in [0.717, 1.165) is 11.1 Å². The van der Waals surface area contributed by atoms with Crippen LogP contribution in [0.3, 0.4) is 0 Å². The SMILES string of the molecule is COC(=O)C[C@](O)(CCC(C)C)C(=O)O[C@H]1C(OC)=C[C@@]23CCC(=O)N2CCc2cc4c(cc2[C@@H]13)OCO4. The lowest BCUT2D eigenvalue weighted by Gasteiger charge is -2.39. The maximum absolute atomic E-state index is 13.7. The minimum absolute atomic E-state index is 0.0284. The molecule has 0 radical (unpaired) electrons. The van der Waals surface area contributed by atoms with Crippen molar-refractivity contribution in [2.24, 2.45) is 5.92 Å². The zero-order chi connectivity index (χ0) is 27.2. The molecule has 4 atom stereocenters. The number of nitrogens with zero attached hydrogens (tertiary/aromatic N) is 1. The van der Waals surface area contributed by atoms with Crippen molar-refractivity contribution < 1.29 is 43.2 Å². The van der Waals surface area contributed by atoms with Gasteiger partial charge in [0.1, 0.15) is 5.76 Å². The number of ether oxygens (including phenoxy) is 5. The van der Waals surface area contributed by atoms with Crippen LogP contribution in [0.5, 0.6) is 11.5 Å². The molecule has 10 heteroatoms. The first-order valence-corrected chi connectivity index (χ1v) is 13.1. The second kappa shape index (κ2) is 9.80. The highest BCUT2D eigenvalue weighted by Crippen LogP contribution is 2.56. The van der Waals surface area contributed by atoms with E-state index in [9.17, 15) is 19.5 Å². The van der Waals surface area contributed by atoms with E-state index < -0.39 is 41.5 Å². The summed E-state index contributed by atoms with van der Waals surface area (Å²) in [6.07, 6.45) is 2.48. The Morgan fingerprint density at radius 2 is 1.95 bits per heavy atom. The van der Waals surface area contributed by atoms with Crippen molar-refractivity contribution >= 4 is 17.8 Å². The number of hydrogen-bond acceptors (Lipinski definition) is 9. The lowest BCUT2D eigenvalue weighted by Crippen LogP contribution is -2.50. The van der Waals surface area contributed by atoms with Crippen molar-refractivity contribution in [3.05, 3.63) is 35.1 Å². The number of fused-ring (bicyclic) bond motifs is 3. The zero-order valence-corrected chi connectivity index (χ0v) is 22.3. The Bertz CT molecular complexity index is 1180. The molecule has 0 unspecified atom stereocenters. The fraction of sp³-hybridized carbons (Fsp3) is 0.607. The summed E-state index contributed by atoms with van der Waals surface area (Å²) in [6, 6.07) is 3.83. The molecule has 5 rings (SSSR count). The van der Waals surface area contributed by atoms with E-state index in [2.05, 4.69) is 0 Å². The number of aliphatic hydroxyl groups is 1. The summed E-state index contributed by atoms with van der Waals surface area (Å²) in [7, 11) is 2.71. The largest absolute Gasteiger partial charge is 0.497 e. The van der Waals surface area contributed by atoms with Crippen molar-refractivity contribution in [1.29, 1.82) is 0 Å². The van der Waals surface area contributed by atoms with Gasteiger partial charge in [0.05, 0.1) is 32.1 Å². The third-order valence-corrected chi connectivity index (χ3v) is 8.28. The summed E-state index contributed by atoms with van der Waals surface area (Å²) in [4.78, 5) is 40.7. The number of benzene rings is 1. The number of carbonyl (C=O) groups excluding carboxylic acids is 3. The summed E-state index contributed by atoms with van der Waals surface area (Å²) in [5.41, 5.74) is -0.979. The van der Waals surface area contributed by atoms with Crippen LogP contribution in [0.15, 0.2) is 24.0 Å². The first kappa shape index (κ1) is 26.3. The monoisotopic (exact) mass is 529 g/mol. The predicted octanol–water partition coefficient (Wildman–Crippen LogP) is 2.60. The molecule has 3 aliphatic heterocycles. The molecule has 10 nitrogen and oxygen atoms in total. The van der Waals surface area contributed by atoms with E-state index in [4.69, 9.17) is 23.7 Å². The summed E-state index contributed by atoms with van der Waals surface area (Å²) < 4.78 is 27.9. The molecule has 1 amide bonds. The Labute approximate surface area is 221 Å². The molecule has 1 saturated heterocycles. The van der Waals surface area contributed by atoms with Gasteiger partial charge in [0.2, 0.25) is 12.7 Å². The first-order valence-electron chi connectivity index (χ1n) is 13.1. The quantitative estimate of drug-likeness (QED) is 0.507. The molecule has 38 heavy (non-hydrogen) atoms. The Morgan fingerprint density at radius 1 is 1.21 bits per heavy atom. The third-order valence-electron chi connectivity index (χ3n) is 8.28. The lowest BCUT2D eigenvalue weighted by molar-refractivity contribution is -0.178. The van der Waals surface area contributed by atoms with E-state index in [1.54, 1.807) is 0 Å². The molecule has 1 aromatic carbocycles. The maximum Gasteiger partial charge on any atom is 0.339 e. The molecule has 0 saturated carbocycles. The van der Waals surface area contributed by atoms with Crippen LogP contribution >= 0.6 is 0 Å². The number of methoxy groups -OCH3 is 2. The summed E-state index contributed by atoms with van der Waals surface area (Å²) in [5, 5.41) is 11.4. The van der Waals surface area contributed by atoms with Gasteiger partial charge in [-0.2, -0.15) is 0 Å². The number of carbonyl (C=O) groups is 3. The fourth-order valence-corrected chi connectivity index (χ4v) is 6.26. The van der Waals surface area contributed by atoms with Crippen LogP contribution in [0.2, 0.25) is 0 Å². The first-order chi connectivity index (χ1) is 18.1. The van der Waals surface area contributed by atoms with Gasteiger partial charge in [0.25, 0.3) is 0 Å². The van der Waals surface area contributed by atoms with E-state index in [0.29, 0.717) is 49.5 Å². The van der Waals surface area contributed by atoms with E-state index in [-0.39, 0.29) is 25.0 Å². The van der Waals surface area contributed by atoms with Crippen LogP contribution < -0.4 is 9.47 Å². The van der Waals surface area contributed by atoms with Crippen molar-refractivity contribution in [2.75, 3.05) is 27.6 Å². The molecule has 1 spiro atoms. The Kier molecular flexibility index (Phi) is 6.79. The van der Waals surface area contributed by atoms with Gasteiger partial charge < -0.3 is 33.7 Å². The van der Waals surface area contributed by atoms with Gasteiger partial charge in [-0.25, -0.2) is 4.79 Å². The van der Waals surface area contributed by atoms with Gasteiger partial charge >= 0.3 is 11.9 Å². The van der Waals surface area contributed by atoms with E-state index >= 15 is 0 Å². The normalized spacial score (nSPS) is 26.6. The molecule has 3 heterocycles. The second-order valence-corrected chi connectivity index (χ2v) is 11.0. The van der Waals surface area contributed by atoms with Gasteiger partial charge in [-0.1, -0.05) is 13.8 Å². The number of rotatable bonds is 8. The molecule has 1 aromatic rings. The van der Waals surface area contributed by atoms with Crippen LogP contribution in [-0.2, 0) is 35.0 Å². The number of amides is 1. The van der Waals surface area contributed by atoms with Crippen LogP contribution in [-0.4, -0.2) is 72.7 Å².